The Morgan fingerprint density at radius 3 is 2.82 bits per heavy atom. The molecule has 2 aromatic heterocycles. The smallest absolute Gasteiger partial charge is 0.164 e. The van der Waals surface area contributed by atoms with Crippen molar-refractivity contribution in [2.75, 3.05) is 31.2 Å². The van der Waals surface area contributed by atoms with Crippen LogP contribution in [0.2, 0.25) is 0 Å². The number of aromatic nitrogens is 2. The molecule has 0 amide bonds. The zero-order valence-corrected chi connectivity index (χ0v) is 9.37. The van der Waals surface area contributed by atoms with Gasteiger partial charge >= 0.3 is 0 Å². The summed E-state index contributed by atoms with van der Waals surface area (Å²) in [5, 5.41) is 0. The number of anilines is 1. The Labute approximate surface area is 99.0 Å². The minimum atomic E-state index is 0.697. The maximum absolute atomic E-state index is 5.32. The molecule has 88 valence electrons. The summed E-state index contributed by atoms with van der Waals surface area (Å²) in [6, 6.07) is 3.79. The predicted molar refractivity (Wildman–Crippen MR) is 62.8 cm³/mol. The van der Waals surface area contributed by atoms with Gasteiger partial charge in [-0.2, -0.15) is 0 Å². The molecule has 0 aromatic carbocycles. The summed E-state index contributed by atoms with van der Waals surface area (Å²) in [6.45, 7) is 3.26. The van der Waals surface area contributed by atoms with E-state index in [1.54, 1.807) is 18.7 Å². The maximum Gasteiger partial charge on any atom is 0.164 e. The van der Waals surface area contributed by atoms with Crippen molar-refractivity contribution in [2.45, 2.75) is 0 Å². The lowest BCUT2D eigenvalue weighted by molar-refractivity contribution is 0.122. The van der Waals surface area contributed by atoms with Crippen molar-refractivity contribution >= 4 is 5.82 Å². The van der Waals surface area contributed by atoms with Crippen LogP contribution in [0.5, 0.6) is 0 Å². The van der Waals surface area contributed by atoms with Gasteiger partial charge in [0.1, 0.15) is 12.1 Å². The molecule has 0 radical (unpaired) electrons. The summed E-state index contributed by atoms with van der Waals surface area (Å²) in [5.41, 5.74) is 0.903. The second kappa shape index (κ2) is 4.55. The monoisotopic (exact) mass is 231 g/mol. The molecule has 0 bridgehead atoms. The minimum absolute atomic E-state index is 0.697. The number of hydrogen-bond donors (Lipinski definition) is 0. The van der Waals surface area contributed by atoms with Crippen molar-refractivity contribution in [3.05, 3.63) is 30.9 Å². The fourth-order valence-corrected chi connectivity index (χ4v) is 1.85. The second-order valence-electron chi connectivity index (χ2n) is 3.85. The molecule has 0 saturated carbocycles. The van der Waals surface area contributed by atoms with Crippen LogP contribution in [0.25, 0.3) is 11.4 Å². The van der Waals surface area contributed by atoms with Gasteiger partial charge in [-0.05, 0) is 12.1 Å². The molecule has 5 heteroatoms. The number of rotatable bonds is 2. The summed E-state index contributed by atoms with van der Waals surface area (Å²) in [4.78, 5) is 11.0. The molecule has 3 heterocycles. The van der Waals surface area contributed by atoms with Crippen LogP contribution < -0.4 is 4.90 Å². The average molecular weight is 231 g/mol. The standard InChI is InChI=1S/C12H13N3O2/c1-3-13-12(10-2-6-17-9-10)14-11(1)15-4-7-16-8-5-15/h1-3,6,9H,4-5,7-8H2. The summed E-state index contributed by atoms with van der Waals surface area (Å²) < 4.78 is 10.4. The van der Waals surface area contributed by atoms with Gasteiger partial charge in [0.25, 0.3) is 0 Å². The molecule has 0 unspecified atom stereocenters. The van der Waals surface area contributed by atoms with E-state index in [4.69, 9.17) is 9.15 Å². The first-order valence-electron chi connectivity index (χ1n) is 5.62. The van der Waals surface area contributed by atoms with Crippen molar-refractivity contribution in [1.29, 1.82) is 0 Å². The first-order valence-corrected chi connectivity index (χ1v) is 5.62. The molecule has 5 nitrogen and oxygen atoms in total. The van der Waals surface area contributed by atoms with Crippen molar-refractivity contribution in [1.82, 2.24) is 9.97 Å². The largest absolute Gasteiger partial charge is 0.472 e. The molecule has 1 fully saturated rings. The lowest BCUT2D eigenvalue weighted by Crippen LogP contribution is -2.36. The van der Waals surface area contributed by atoms with Gasteiger partial charge in [0.2, 0.25) is 0 Å². The molecular weight excluding hydrogens is 218 g/mol. The van der Waals surface area contributed by atoms with Gasteiger partial charge in [0, 0.05) is 19.3 Å². The molecule has 17 heavy (non-hydrogen) atoms. The average Bonchev–Trinajstić information content (AvgIpc) is 2.94. The van der Waals surface area contributed by atoms with Crippen LogP contribution in [0.15, 0.2) is 35.3 Å². The fourth-order valence-electron chi connectivity index (χ4n) is 1.85. The zero-order chi connectivity index (χ0) is 11.5. The molecular formula is C12H13N3O2. The Hall–Kier alpha value is -1.88. The molecule has 3 rings (SSSR count). The van der Waals surface area contributed by atoms with Gasteiger partial charge in [-0.25, -0.2) is 9.97 Å². The van der Waals surface area contributed by atoms with Crippen molar-refractivity contribution < 1.29 is 9.15 Å². The summed E-state index contributed by atoms with van der Waals surface area (Å²) in [5.74, 6) is 1.64. The molecule has 2 aromatic rings. The van der Waals surface area contributed by atoms with E-state index >= 15 is 0 Å². The van der Waals surface area contributed by atoms with Crippen molar-refractivity contribution in [3.63, 3.8) is 0 Å². The molecule has 0 N–H and O–H groups in total. The lowest BCUT2D eigenvalue weighted by Gasteiger charge is -2.27. The van der Waals surface area contributed by atoms with E-state index in [1.165, 1.54) is 0 Å². The third-order valence-corrected chi connectivity index (χ3v) is 2.76. The third-order valence-electron chi connectivity index (χ3n) is 2.76. The summed E-state index contributed by atoms with van der Waals surface area (Å²) in [7, 11) is 0. The lowest BCUT2D eigenvalue weighted by atomic mass is 10.3. The predicted octanol–water partition coefficient (Wildman–Crippen LogP) is 1.57. The first-order chi connectivity index (χ1) is 8.43. The van der Waals surface area contributed by atoms with Gasteiger partial charge in [0.15, 0.2) is 5.82 Å². The van der Waals surface area contributed by atoms with E-state index in [-0.39, 0.29) is 0 Å². The Bertz CT molecular complexity index is 478. The third kappa shape index (κ3) is 2.14. The SMILES string of the molecule is c1cc(N2CCOCC2)nc(-c2ccoc2)n1. The molecule has 1 aliphatic heterocycles. The van der Waals surface area contributed by atoms with E-state index in [9.17, 15) is 0 Å². The molecule has 1 saturated heterocycles. The number of ether oxygens (including phenoxy) is 1. The zero-order valence-electron chi connectivity index (χ0n) is 9.37. The molecule has 0 aliphatic carbocycles. The fraction of sp³-hybridized carbons (Fsp3) is 0.333. The quantitative estimate of drug-likeness (QED) is 0.785. The van der Waals surface area contributed by atoms with Gasteiger partial charge in [-0.15, -0.1) is 0 Å². The highest BCUT2D eigenvalue weighted by atomic mass is 16.5. The maximum atomic E-state index is 5.32. The van der Waals surface area contributed by atoms with Crippen LogP contribution >= 0.6 is 0 Å². The molecule has 0 spiro atoms. The Kier molecular flexibility index (Phi) is 2.75. The topological polar surface area (TPSA) is 51.4 Å². The summed E-state index contributed by atoms with van der Waals surface area (Å²) in [6.07, 6.45) is 5.05. The summed E-state index contributed by atoms with van der Waals surface area (Å²) >= 11 is 0. The van der Waals surface area contributed by atoms with Crippen LogP contribution in [-0.4, -0.2) is 36.3 Å². The van der Waals surface area contributed by atoms with Crippen LogP contribution in [0, 0.1) is 0 Å². The highest BCUT2D eigenvalue weighted by molar-refractivity contribution is 5.55. The number of hydrogen-bond acceptors (Lipinski definition) is 5. The molecule has 1 aliphatic rings. The van der Waals surface area contributed by atoms with E-state index in [0.717, 1.165) is 37.7 Å². The number of nitrogens with zero attached hydrogens (tertiary/aromatic N) is 3. The Balaban J connectivity index is 1.88. The second-order valence-corrected chi connectivity index (χ2v) is 3.85. The van der Waals surface area contributed by atoms with E-state index < -0.39 is 0 Å². The number of furan rings is 1. The van der Waals surface area contributed by atoms with E-state index in [0.29, 0.717) is 5.82 Å². The Morgan fingerprint density at radius 2 is 2.06 bits per heavy atom. The molecule has 0 atom stereocenters. The van der Waals surface area contributed by atoms with Crippen LogP contribution in [0.1, 0.15) is 0 Å². The van der Waals surface area contributed by atoms with Gasteiger partial charge in [-0.1, -0.05) is 0 Å². The Morgan fingerprint density at radius 1 is 1.18 bits per heavy atom. The first kappa shape index (κ1) is 10.3. The van der Waals surface area contributed by atoms with E-state index in [1.807, 2.05) is 12.1 Å². The van der Waals surface area contributed by atoms with Crippen LogP contribution in [0.4, 0.5) is 5.82 Å². The van der Waals surface area contributed by atoms with Crippen LogP contribution in [0.3, 0.4) is 0 Å². The van der Waals surface area contributed by atoms with Gasteiger partial charge in [-0.3, -0.25) is 0 Å². The van der Waals surface area contributed by atoms with Crippen LogP contribution in [-0.2, 0) is 4.74 Å². The van der Waals surface area contributed by atoms with Gasteiger partial charge < -0.3 is 14.1 Å². The number of morpholine rings is 1. The normalized spacial score (nSPS) is 16.1. The highest BCUT2D eigenvalue weighted by Crippen LogP contribution is 2.19. The minimum Gasteiger partial charge on any atom is -0.472 e. The van der Waals surface area contributed by atoms with E-state index in [2.05, 4.69) is 14.9 Å². The van der Waals surface area contributed by atoms with Crippen molar-refractivity contribution in [2.24, 2.45) is 0 Å². The van der Waals surface area contributed by atoms with Gasteiger partial charge in [0.05, 0.1) is 25.0 Å². The highest BCUT2D eigenvalue weighted by Gasteiger charge is 2.13. The van der Waals surface area contributed by atoms with Crippen molar-refractivity contribution in [3.8, 4) is 11.4 Å².